The zero-order valence-corrected chi connectivity index (χ0v) is 28.2. The SMILES string of the molecule is CCOc1cc([C@@H]2NC(=O)NC(C)=C2C(=O)OC)ccc1OC[C@H](O)N/N=C\c1cc(Br)c(OCc2ccc3c(c2)OCO3)c(OC)c1. The molecule has 3 aromatic carbocycles. The van der Waals surface area contributed by atoms with Gasteiger partial charge in [0.15, 0.2) is 40.7 Å². The summed E-state index contributed by atoms with van der Waals surface area (Å²) in [6.07, 6.45) is 0.338. The summed E-state index contributed by atoms with van der Waals surface area (Å²) in [7, 11) is 2.81. The molecule has 0 unspecified atom stereocenters. The molecule has 2 heterocycles. The molecule has 3 aromatic rings. The van der Waals surface area contributed by atoms with Crippen molar-refractivity contribution >= 4 is 34.1 Å². The third-order valence-corrected chi connectivity index (χ3v) is 7.77. The molecule has 14 nitrogen and oxygen atoms in total. The average molecular weight is 728 g/mol. The summed E-state index contributed by atoms with van der Waals surface area (Å²) >= 11 is 3.54. The molecule has 0 spiro atoms. The number of nitrogens with zero attached hydrogens (tertiary/aromatic N) is 1. The van der Waals surface area contributed by atoms with E-state index in [1.807, 2.05) is 25.1 Å². The number of allylic oxidation sites excluding steroid dienone is 1. The number of halogens is 1. The molecule has 2 aliphatic heterocycles. The number of hydrazone groups is 1. The lowest BCUT2D eigenvalue weighted by Gasteiger charge is -2.28. The molecule has 4 N–H and O–H groups in total. The first kappa shape index (κ1) is 34.2. The van der Waals surface area contributed by atoms with Gasteiger partial charge in [-0.15, -0.1) is 0 Å². The van der Waals surface area contributed by atoms with Crippen molar-refractivity contribution in [3.8, 4) is 34.5 Å². The van der Waals surface area contributed by atoms with Crippen LogP contribution in [0.15, 0.2) is 69.4 Å². The van der Waals surface area contributed by atoms with Gasteiger partial charge in [-0.2, -0.15) is 5.10 Å². The van der Waals surface area contributed by atoms with Crippen LogP contribution in [0.4, 0.5) is 4.79 Å². The van der Waals surface area contributed by atoms with Crippen molar-refractivity contribution in [1.82, 2.24) is 16.1 Å². The molecule has 0 saturated carbocycles. The van der Waals surface area contributed by atoms with Gasteiger partial charge in [-0.3, -0.25) is 5.43 Å². The molecule has 0 aliphatic carbocycles. The Kier molecular flexibility index (Phi) is 11.1. The minimum Gasteiger partial charge on any atom is -0.493 e. The van der Waals surface area contributed by atoms with Gasteiger partial charge in [0.2, 0.25) is 6.79 Å². The fourth-order valence-electron chi connectivity index (χ4n) is 4.96. The van der Waals surface area contributed by atoms with Gasteiger partial charge in [0, 0.05) is 5.70 Å². The van der Waals surface area contributed by atoms with Crippen molar-refractivity contribution in [3.63, 3.8) is 0 Å². The number of fused-ring (bicyclic) bond motifs is 1. The van der Waals surface area contributed by atoms with E-state index < -0.39 is 24.3 Å². The predicted octanol–water partition coefficient (Wildman–Crippen LogP) is 4.29. The van der Waals surface area contributed by atoms with Crippen LogP contribution < -0.4 is 44.5 Å². The molecule has 0 bridgehead atoms. The van der Waals surface area contributed by atoms with Crippen molar-refractivity contribution in [3.05, 3.63) is 81.0 Å². The summed E-state index contributed by atoms with van der Waals surface area (Å²) in [5.74, 6) is 2.50. The highest BCUT2D eigenvalue weighted by atomic mass is 79.9. The lowest BCUT2D eigenvalue weighted by Crippen LogP contribution is -2.45. The van der Waals surface area contributed by atoms with E-state index in [-0.39, 0.29) is 25.6 Å². The summed E-state index contributed by atoms with van der Waals surface area (Å²) in [5, 5.41) is 20.0. The molecule has 5 rings (SSSR count). The molecule has 0 fully saturated rings. The molecule has 0 aromatic heterocycles. The van der Waals surface area contributed by atoms with Gasteiger partial charge in [-0.1, -0.05) is 12.1 Å². The molecular formula is C33H35BrN4O10. The lowest BCUT2D eigenvalue weighted by atomic mass is 9.95. The number of hydrogen-bond acceptors (Lipinski definition) is 12. The van der Waals surface area contributed by atoms with Crippen LogP contribution in [-0.2, 0) is 16.1 Å². The Bertz CT molecular complexity index is 1730. The number of nitrogens with one attached hydrogen (secondary N) is 3. The van der Waals surface area contributed by atoms with Crippen LogP contribution in [0.5, 0.6) is 34.5 Å². The summed E-state index contributed by atoms with van der Waals surface area (Å²) in [6, 6.07) is 12.9. The van der Waals surface area contributed by atoms with E-state index in [4.69, 9.17) is 33.2 Å². The highest BCUT2D eigenvalue weighted by Crippen LogP contribution is 2.38. The van der Waals surface area contributed by atoms with E-state index in [1.54, 1.807) is 37.3 Å². The van der Waals surface area contributed by atoms with Crippen molar-refractivity contribution in [2.45, 2.75) is 32.7 Å². The number of amides is 2. The monoisotopic (exact) mass is 726 g/mol. The quantitative estimate of drug-likeness (QED) is 0.0810. The predicted molar refractivity (Wildman–Crippen MR) is 177 cm³/mol. The summed E-state index contributed by atoms with van der Waals surface area (Å²) in [5.41, 5.74) is 5.43. The molecule has 2 atom stereocenters. The Morgan fingerprint density at radius 3 is 2.67 bits per heavy atom. The number of esters is 1. The van der Waals surface area contributed by atoms with Gasteiger partial charge in [0.1, 0.15) is 13.2 Å². The number of carbonyl (C=O) groups excluding carboxylic acids is 2. The molecule has 48 heavy (non-hydrogen) atoms. The second kappa shape index (κ2) is 15.6. The summed E-state index contributed by atoms with van der Waals surface area (Å²) in [6.45, 7) is 4.06. The number of methoxy groups -OCH3 is 2. The zero-order valence-electron chi connectivity index (χ0n) is 26.6. The van der Waals surface area contributed by atoms with Crippen LogP contribution in [0.1, 0.15) is 36.6 Å². The Morgan fingerprint density at radius 1 is 1.08 bits per heavy atom. The Labute approximate surface area is 285 Å². The number of aliphatic hydroxyl groups excluding tert-OH is 1. The first-order valence-corrected chi connectivity index (χ1v) is 15.6. The van der Waals surface area contributed by atoms with Gasteiger partial charge in [-0.25, -0.2) is 9.59 Å². The van der Waals surface area contributed by atoms with E-state index in [2.05, 4.69) is 37.1 Å². The topological polar surface area (TPSA) is 167 Å². The highest BCUT2D eigenvalue weighted by molar-refractivity contribution is 9.10. The standard InChI is InChI=1S/C33H35BrN4O10/c1-5-44-26-13-21(30-29(32(40)43-4)18(2)36-33(41)37-30)7-9-23(26)45-16-28(39)38-35-14-20-10-22(34)31(27(12-20)42-3)46-15-19-6-8-24-25(11-19)48-17-47-24/h6-14,28,30,38-39H,5,15-17H2,1-4H3,(H2,36,37,41)/b35-14-/t28-,30-/m0/s1. The Hall–Kier alpha value is -5.15. The third-order valence-electron chi connectivity index (χ3n) is 7.18. The van der Waals surface area contributed by atoms with Crippen LogP contribution in [0.25, 0.3) is 0 Å². The number of benzene rings is 3. The molecule has 15 heteroatoms. The number of aliphatic hydroxyl groups is 1. The van der Waals surface area contributed by atoms with Gasteiger partial charge < -0.3 is 48.9 Å². The second-order valence-corrected chi connectivity index (χ2v) is 11.3. The molecule has 0 saturated heterocycles. The van der Waals surface area contributed by atoms with Crippen LogP contribution in [-0.4, -0.2) is 63.8 Å². The van der Waals surface area contributed by atoms with E-state index >= 15 is 0 Å². The van der Waals surface area contributed by atoms with Gasteiger partial charge in [-0.05, 0) is 82.9 Å². The highest BCUT2D eigenvalue weighted by Gasteiger charge is 2.32. The summed E-state index contributed by atoms with van der Waals surface area (Å²) in [4.78, 5) is 24.7. The maximum atomic E-state index is 12.5. The van der Waals surface area contributed by atoms with Crippen molar-refractivity contribution in [2.24, 2.45) is 5.10 Å². The van der Waals surface area contributed by atoms with Crippen LogP contribution in [0.3, 0.4) is 0 Å². The fourth-order valence-corrected chi connectivity index (χ4v) is 5.53. The number of ether oxygens (including phenoxy) is 7. The van der Waals surface area contributed by atoms with Crippen LogP contribution in [0, 0.1) is 0 Å². The maximum Gasteiger partial charge on any atom is 0.337 e. The first-order chi connectivity index (χ1) is 23.2. The third kappa shape index (κ3) is 8.04. The second-order valence-electron chi connectivity index (χ2n) is 10.4. The van der Waals surface area contributed by atoms with E-state index in [0.29, 0.717) is 62.4 Å². The molecule has 0 radical (unpaired) electrons. The molecule has 2 aliphatic rings. The van der Waals surface area contributed by atoms with E-state index in [0.717, 1.165) is 5.56 Å². The minimum atomic E-state index is -1.18. The zero-order chi connectivity index (χ0) is 34.2. The summed E-state index contributed by atoms with van der Waals surface area (Å²) < 4.78 is 39.5. The normalized spacial score (nSPS) is 15.8. The smallest absolute Gasteiger partial charge is 0.337 e. The van der Waals surface area contributed by atoms with Gasteiger partial charge >= 0.3 is 12.0 Å². The fraction of sp³-hybridized carbons (Fsp3) is 0.303. The lowest BCUT2D eigenvalue weighted by molar-refractivity contribution is -0.136. The maximum absolute atomic E-state index is 12.5. The van der Waals surface area contributed by atoms with Crippen molar-refractivity contribution in [2.75, 3.05) is 34.2 Å². The molecule has 254 valence electrons. The molecular weight excluding hydrogens is 692 g/mol. The van der Waals surface area contributed by atoms with Crippen molar-refractivity contribution < 1.29 is 47.9 Å². The molecule has 2 amide bonds. The first-order valence-electron chi connectivity index (χ1n) is 14.8. The van der Waals surface area contributed by atoms with E-state index in [9.17, 15) is 14.7 Å². The van der Waals surface area contributed by atoms with Gasteiger partial charge in [0.25, 0.3) is 0 Å². The largest absolute Gasteiger partial charge is 0.493 e. The Balaban J connectivity index is 1.19. The average Bonchev–Trinajstić information content (AvgIpc) is 3.54. The van der Waals surface area contributed by atoms with Crippen molar-refractivity contribution in [1.29, 1.82) is 0 Å². The van der Waals surface area contributed by atoms with E-state index in [1.165, 1.54) is 20.4 Å². The Morgan fingerprint density at radius 2 is 1.90 bits per heavy atom. The number of carbonyl (C=O) groups is 2. The minimum absolute atomic E-state index is 0.174. The number of urea groups is 1. The number of hydrogen-bond donors (Lipinski definition) is 4. The van der Waals surface area contributed by atoms with Crippen LogP contribution >= 0.6 is 15.9 Å². The number of rotatable bonds is 14. The van der Waals surface area contributed by atoms with Crippen LogP contribution in [0.2, 0.25) is 0 Å². The van der Waals surface area contributed by atoms with Gasteiger partial charge in [0.05, 0.1) is 43.1 Å².